The maximum atomic E-state index is 13.6. The van der Waals surface area contributed by atoms with Crippen molar-refractivity contribution in [3.8, 4) is 0 Å². The van der Waals surface area contributed by atoms with Gasteiger partial charge in [0, 0.05) is 11.1 Å². The highest BCUT2D eigenvalue weighted by Gasteiger charge is 2.33. The number of rotatable bonds is 7. The molecule has 0 unspecified atom stereocenters. The Hall–Kier alpha value is -2.20. The summed E-state index contributed by atoms with van der Waals surface area (Å²) in [6, 6.07) is 17.5. The minimum Gasteiger partial charge on any atom is -0.354 e. The van der Waals surface area contributed by atoms with E-state index in [0.29, 0.717) is 16.7 Å². The molecule has 3 aromatic rings. The molecule has 0 bridgehead atoms. The summed E-state index contributed by atoms with van der Waals surface area (Å²) in [5, 5.41) is 4.77. The van der Waals surface area contributed by atoms with Gasteiger partial charge in [0.15, 0.2) is 0 Å². The lowest BCUT2D eigenvalue weighted by Crippen LogP contribution is -2.20. The molecule has 0 amide bonds. The van der Waals surface area contributed by atoms with Gasteiger partial charge in [-0.05, 0) is 39.0 Å². The number of hydrogen-bond acceptors (Lipinski definition) is 5. The normalized spacial score (nSPS) is 11.7. The van der Waals surface area contributed by atoms with Crippen LogP contribution in [-0.2, 0) is 13.6 Å². The molecule has 0 aliphatic rings. The Bertz CT molecular complexity index is 934. The third kappa shape index (κ3) is 3.65. The Morgan fingerprint density at radius 3 is 2.23 bits per heavy atom. The zero-order chi connectivity index (χ0) is 18.6. The number of para-hydroxylation sites is 2. The van der Waals surface area contributed by atoms with Crippen molar-refractivity contribution >= 4 is 35.2 Å². The number of pyridine rings is 1. The third-order valence-electron chi connectivity index (χ3n) is 3.96. The number of hydrogen-bond donors (Lipinski definition) is 1. The van der Waals surface area contributed by atoms with Crippen LogP contribution in [-0.4, -0.2) is 18.2 Å². The molecule has 136 valence electrons. The van der Waals surface area contributed by atoms with Crippen LogP contribution in [0.4, 0.5) is 11.4 Å². The van der Waals surface area contributed by atoms with E-state index in [0.717, 1.165) is 16.6 Å². The molecular formula is C20H23N2O3P. The number of aryl methyl sites for hydroxylation is 1. The highest BCUT2D eigenvalue weighted by Crippen LogP contribution is 2.50. The number of nitrogens with zero attached hydrogens (tertiary/aromatic N) is 1. The van der Waals surface area contributed by atoms with Crippen LogP contribution in [0.25, 0.3) is 10.9 Å². The maximum Gasteiger partial charge on any atom is 0.365 e. The molecular weight excluding hydrogens is 347 g/mol. The Morgan fingerprint density at radius 2 is 1.58 bits per heavy atom. The molecule has 0 saturated heterocycles. The average molecular weight is 370 g/mol. The van der Waals surface area contributed by atoms with Gasteiger partial charge in [-0.25, -0.2) is 0 Å². The van der Waals surface area contributed by atoms with Gasteiger partial charge in [0.05, 0.1) is 30.1 Å². The Labute approximate surface area is 153 Å². The summed E-state index contributed by atoms with van der Waals surface area (Å²) in [4.78, 5) is 4.64. The van der Waals surface area contributed by atoms with Crippen molar-refractivity contribution in [2.45, 2.75) is 20.8 Å². The highest BCUT2D eigenvalue weighted by molar-refractivity contribution is 7.62. The minimum atomic E-state index is -3.51. The highest BCUT2D eigenvalue weighted by atomic mass is 31.2. The Morgan fingerprint density at radius 1 is 0.962 bits per heavy atom. The fraction of sp³-hybridized carbons (Fsp3) is 0.250. The molecule has 1 N–H and O–H groups in total. The quantitative estimate of drug-likeness (QED) is 0.581. The van der Waals surface area contributed by atoms with Gasteiger partial charge in [0.1, 0.15) is 5.30 Å². The fourth-order valence-electron chi connectivity index (χ4n) is 2.96. The van der Waals surface area contributed by atoms with Crippen LogP contribution in [0.3, 0.4) is 0 Å². The van der Waals surface area contributed by atoms with Crippen LogP contribution in [0.15, 0.2) is 54.6 Å². The first-order valence-electron chi connectivity index (χ1n) is 8.70. The van der Waals surface area contributed by atoms with Crippen LogP contribution in [0.5, 0.6) is 0 Å². The first kappa shape index (κ1) is 18.6. The Balaban J connectivity index is 2.28. The number of nitrogens with one attached hydrogen (secondary N) is 1. The van der Waals surface area contributed by atoms with E-state index in [1.165, 1.54) is 0 Å². The molecule has 0 aliphatic carbocycles. The van der Waals surface area contributed by atoms with E-state index < -0.39 is 7.60 Å². The van der Waals surface area contributed by atoms with E-state index in [1.807, 2.05) is 61.5 Å². The van der Waals surface area contributed by atoms with Crippen LogP contribution < -0.4 is 10.6 Å². The van der Waals surface area contributed by atoms with Crippen molar-refractivity contribution in [1.29, 1.82) is 0 Å². The lowest BCUT2D eigenvalue weighted by atomic mass is 10.1. The van der Waals surface area contributed by atoms with Crippen LogP contribution in [0, 0.1) is 6.92 Å². The van der Waals surface area contributed by atoms with Gasteiger partial charge < -0.3 is 14.4 Å². The molecule has 0 aliphatic heterocycles. The van der Waals surface area contributed by atoms with Crippen molar-refractivity contribution in [2.24, 2.45) is 0 Å². The Kier molecular flexibility index (Phi) is 5.72. The summed E-state index contributed by atoms with van der Waals surface area (Å²) in [7, 11) is -3.51. The first-order valence-corrected chi connectivity index (χ1v) is 10.2. The van der Waals surface area contributed by atoms with Gasteiger partial charge in [0.25, 0.3) is 0 Å². The molecule has 3 rings (SSSR count). The van der Waals surface area contributed by atoms with Crippen molar-refractivity contribution in [3.05, 3.63) is 60.3 Å². The molecule has 26 heavy (non-hydrogen) atoms. The lowest BCUT2D eigenvalue weighted by molar-refractivity contribution is 0.230. The van der Waals surface area contributed by atoms with Crippen molar-refractivity contribution in [1.82, 2.24) is 4.98 Å². The second-order valence-corrected chi connectivity index (χ2v) is 7.72. The predicted octanol–water partition coefficient (Wildman–Crippen LogP) is 5.18. The summed E-state index contributed by atoms with van der Waals surface area (Å²) >= 11 is 0. The van der Waals surface area contributed by atoms with E-state index in [9.17, 15) is 4.57 Å². The first-order chi connectivity index (χ1) is 12.6. The largest absolute Gasteiger partial charge is 0.365 e. The molecule has 0 fully saturated rings. The van der Waals surface area contributed by atoms with E-state index in [2.05, 4.69) is 10.3 Å². The van der Waals surface area contributed by atoms with Crippen LogP contribution in [0.2, 0.25) is 0 Å². The summed E-state index contributed by atoms with van der Waals surface area (Å²) < 4.78 is 24.8. The van der Waals surface area contributed by atoms with E-state index in [1.54, 1.807) is 13.8 Å². The zero-order valence-corrected chi connectivity index (χ0v) is 16.1. The second kappa shape index (κ2) is 8.00. The van der Waals surface area contributed by atoms with Gasteiger partial charge in [-0.15, -0.1) is 0 Å². The number of aromatic nitrogens is 1. The fourth-order valence-corrected chi connectivity index (χ4v) is 4.87. The molecule has 0 saturated carbocycles. The topological polar surface area (TPSA) is 60.5 Å². The molecule has 0 spiro atoms. The molecule has 1 aromatic heterocycles. The number of fused-ring (bicyclic) bond motifs is 1. The van der Waals surface area contributed by atoms with E-state index >= 15 is 0 Å². The summed E-state index contributed by atoms with van der Waals surface area (Å²) in [5.41, 5.74) is 3.06. The molecule has 5 nitrogen and oxygen atoms in total. The van der Waals surface area contributed by atoms with Crippen LogP contribution in [0.1, 0.15) is 19.5 Å². The smallest absolute Gasteiger partial charge is 0.354 e. The zero-order valence-electron chi connectivity index (χ0n) is 15.2. The van der Waals surface area contributed by atoms with Gasteiger partial charge in [-0.2, -0.15) is 0 Å². The lowest BCUT2D eigenvalue weighted by Gasteiger charge is -2.23. The van der Waals surface area contributed by atoms with Gasteiger partial charge in [0.2, 0.25) is 0 Å². The second-order valence-electron chi connectivity index (χ2n) is 5.76. The van der Waals surface area contributed by atoms with Crippen molar-refractivity contribution < 1.29 is 13.6 Å². The molecule has 0 atom stereocenters. The van der Waals surface area contributed by atoms with Gasteiger partial charge >= 0.3 is 7.60 Å². The van der Waals surface area contributed by atoms with Crippen LogP contribution >= 0.6 is 7.60 Å². The number of anilines is 2. The predicted molar refractivity (Wildman–Crippen MR) is 107 cm³/mol. The number of benzene rings is 2. The summed E-state index contributed by atoms with van der Waals surface area (Å²) in [6.45, 7) is 6.02. The summed E-state index contributed by atoms with van der Waals surface area (Å²) in [5.74, 6) is 0. The third-order valence-corrected chi connectivity index (χ3v) is 6.25. The molecule has 6 heteroatoms. The monoisotopic (exact) mass is 370 g/mol. The van der Waals surface area contributed by atoms with Gasteiger partial charge in [-0.3, -0.25) is 9.55 Å². The maximum absolute atomic E-state index is 13.6. The van der Waals surface area contributed by atoms with Gasteiger partial charge in [-0.1, -0.05) is 36.4 Å². The molecule has 1 heterocycles. The van der Waals surface area contributed by atoms with E-state index in [4.69, 9.17) is 9.05 Å². The van der Waals surface area contributed by atoms with Crippen molar-refractivity contribution in [3.63, 3.8) is 0 Å². The van der Waals surface area contributed by atoms with E-state index in [-0.39, 0.29) is 13.2 Å². The summed E-state index contributed by atoms with van der Waals surface area (Å²) in [6.07, 6.45) is 0. The standard InChI is InChI=1S/C20H23N2O3P/c1-4-24-26(23,25-5-2)20-15(3)21-18-14-10-9-13-17(18)19(20)22-16-11-7-6-8-12-16/h6-14H,4-5H2,1-3H3,(H,21,22). The average Bonchev–Trinajstić information content (AvgIpc) is 2.63. The molecule has 2 aromatic carbocycles. The minimum absolute atomic E-state index is 0.286. The molecule has 0 radical (unpaired) electrons. The SMILES string of the molecule is CCOP(=O)(OCC)c1c(C)nc2ccccc2c1Nc1ccccc1. The van der Waals surface area contributed by atoms with Crippen molar-refractivity contribution in [2.75, 3.05) is 18.5 Å².